The lowest BCUT2D eigenvalue weighted by Gasteiger charge is -2.20. The van der Waals surface area contributed by atoms with Gasteiger partial charge in [-0.15, -0.1) is 0 Å². The smallest absolute Gasteiger partial charge is 0.309 e. The maximum absolute atomic E-state index is 11.9. The first kappa shape index (κ1) is 13.5. The number of carbonyl (C=O) groups is 2. The number of hydrogen-bond acceptors (Lipinski definition) is 3. The molecule has 1 atom stereocenters. The van der Waals surface area contributed by atoms with Gasteiger partial charge in [0.2, 0.25) is 5.91 Å². The Hall–Kier alpha value is -1.88. The maximum atomic E-state index is 11.9. The van der Waals surface area contributed by atoms with Crippen molar-refractivity contribution in [2.24, 2.45) is 5.92 Å². The molecule has 0 aromatic heterocycles. The maximum Gasteiger partial charge on any atom is 0.309 e. The van der Waals surface area contributed by atoms with Gasteiger partial charge in [-0.2, -0.15) is 0 Å². The van der Waals surface area contributed by atoms with Gasteiger partial charge >= 0.3 is 5.97 Å². The average Bonchev–Trinajstić information content (AvgIpc) is 2.51. The largest absolute Gasteiger partial charge is 0.481 e. The van der Waals surface area contributed by atoms with E-state index in [1.54, 1.807) is 7.05 Å². The number of likely N-dealkylation sites (N-methyl/N-ethyl adjacent to an activating group) is 1. The molecule has 1 aromatic carbocycles. The summed E-state index contributed by atoms with van der Waals surface area (Å²) < 4.78 is 0. The lowest BCUT2D eigenvalue weighted by molar-refractivity contribution is -0.142. The van der Waals surface area contributed by atoms with E-state index in [9.17, 15) is 14.7 Å². The standard InChI is InChI=1S/C14H18N2O3/c1-15-8-12(14(18)19)9-16(10-13(15)17)7-11-5-3-2-4-6-11/h2-6,12H,7-10H2,1H3,(H,18,19). The summed E-state index contributed by atoms with van der Waals surface area (Å²) >= 11 is 0. The summed E-state index contributed by atoms with van der Waals surface area (Å²) in [7, 11) is 1.66. The van der Waals surface area contributed by atoms with Crippen molar-refractivity contribution in [1.82, 2.24) is 9.80 Å². The van der Waals surface area contributed by atoms with Crippen LogP contribution in [0.1, 0.15) is 5.56 Å². The van der Waals surface area contributed by atoms with E-state index in [-0.39, 0.29) is 19.0 Å². The molecule has 1 amide bonds. The molecule has 0 aliphatic carbocycles. The Morgan fingerprint density at radius 2 is 2.00 bits per heavy atom. The zero-order valence-electron chi connectivity index (χ0n) is 11.0. The molecule has 5 nitrogen and oxygen atoms in total. The molecule has 1 aromatic rings. The van der Waals surface area contributed by atoms with Crippen LogP contribution in [0.5, 0.6) is 0 Å². The summed E-state index contributed by atoms with van der Waals surface area (Å²) in [5, 5.41) is 9.19. The van der Waals surface area contributed by atoms with Gasteiger partial charge in [0.1, 0.15) is 0 Å². The number of carboxylic acid groups (broad SMARTS) is 1. The Bertz CT molecular complexity index is 461. The van der Waals surface area contributed by atoms with Crippen LogP contribution in [0.4, 0.5) is 0 Å². The molecule has 1 saturated heterocycles. The summed E-state index contributed by atoms with van der Waals surface area (Å²) in [6.07, 6.45) is 0. The molecule has 0 bridgehead atoms. The summed E-state index contributed by atoms with van der Waals surface area (Å²) in [5.74, 6) is -1.40. The molecule has 1 N–H and O–H groups in total. The fourth-order valence-corrected chi connectivity index (χ4v) is 2.30. The summed E-state index contributed by atoms with van der Waals surface area (Å²) in [4.78, 5) is 26.5. The van der Waals surface area contributed by atoms with Crippen LogP contribution >= 0.6 is 0 Å². The molecule has 0 radical (unpaired) electrons. The second kappa shape index (κ2) is 5.84. The van der Waals surface area contributed by atoms with Crippen LogP contribution in [0.3, 0.4) is 0 Å². The fourth-order valence-electron chi connectivity index (χ4n) is 2.30. The quantitative estimate of drug-likeness (QED) is 0.869. The zero-order valence-corrected chi connectivity index (χ0v) is 11.0. The van der Waals surface area contributed by atoms with Gasteiger partial charge in [0, 0.05) is 26.7 Å². The van der Waals surface area contributed by atoms with Crippen LogP contribution in [0, 0.1) is 5.92 Å². The molecule has 0 spiro atoms. The molecule has 19 heavy (non-hydrogen) atoms. The van der Waals surface area contributed by atoms with Crippen LogP contribution < -0.4 is 0 Å². The van der Waals surface area contributed by atoms with Gasteiger partial charge in [-0.25, -0.2) is 0 Å². The van der Waals surface area contributed by atoms with E-state index >= 15 is 0 Å². The number of carbonyl (C=O) groups excluding carboxylic acids is 1. The lowest BCUT2D eigenvalue weighted by atomic mass is 10.1. The molecule has 2 rings (SSSR count). The van der Waals surface area contributed by atoms with Crippen LogP contribution in [0.15, 0.2) is 30.3 Å². The molecular weight excluding hydrogens is 244 g/mol. The molecule has 1 unspecified atom stereocenters. The van der Waals surface area contributed by atoms with Crippen molar-refractivity contribution in [1.29, 1.82) is 0 Å². The van der Waals surface area contributed by atoms with Crippen LogP contribution in [0.2, 0.25) is 0 Å². The highest BCUT2D eigenvalue weighted by molar-refractivity contribution is 5.80. The fraction of sp³-hybridized carbons (Fsp3) is 0.429. The first-order valence-corrected chi connectivity index (χ1v) is 6.29. The SMILES string of the molecule is CN1CC(C(=O)O)CN(Cc2ccccc2)CC1=O. The normalized spacial score (nSPS) is 21.2. The number of rotatable bonds is 3. The first-order valence-electron chi connectivity index (χ1n) is 6.29. The number of amides is 1. The molecular formula is C14H18N2O3. The second-order valence-electron chi connectivity index (χ2n) is 4.96. The van der Waals surface area contributed by atoms with Gasteiger partial charge in [-0.1, -0.05) is 30.3 Å². The second-order valence-corrected chi connectivity index (χ2v) is 4.96. The van der Waals surface area contributed by atoms with Gasteiger partial charge in [0.05, 0.1) is 12.5 Å². The predicted octanol–water partition coefficient (Wildman–Crippen LogP) is 0.661. The van der Waals surface area contributed by atoms with Crippen molar-refractivity contribution in [3.05, 3.63) is 35.9 Å². The zero-order chi connectivity index (χ0) is 13.8. The molecule has 1 aliphatic heterocycles. The Morgan fingerprint density at radius 3 is 2.63 bits per heavy atom. The minimum absolute atomic E-state index is 0.0281. The third-order valence-corrected chi connectivity index (χ3v) is 3.36. The van der Waals surface area contributed by atoms with Crippen LogP contribution in [0.25, 0.3) is 0 Å². The lowest BCUT2D eigenvalue weighted by Crippen LogP contribution is -2.34. The Balaban J connectivity index is 2.10. The Morgan fingerprint density at radius 1 is 1.32 bits per heavy atom. The van der Waals surface area contributed by atoms with E-state index in [0.29, 0.717) is 13.1 Å². The van der Waals surface area contributed by atoms with Crippen LogP contribution in [-0.4, -0.2) is 53.5 Å². The van der Waals surface area contributed by atoms with Crippen molar-refractivity contribution >= 4 is 11.9 Å². The highest BCUT2D eigenvalue weighted by atomic mass is 16.4. The van der Waals surface area contributed by atoms with Gasteiger partial charge in [0.25, 0.3) is 0 Å². The van der Waals surface area contributed by atoms with Gasteiger partial charge in [-0.3, -0.25) is 14.5 Å². The molecule has 102 valence electrons. The van der Waals surface area contributed by atoms with E-state index in [1.807, 2.05) is 35.2 Å². The Kier molecular flexibility index (Phi) is 4.16. The monoisotopic (exact) mass is 262 g/mol. The number of carboxylic acids is 1. The molecule has 5 heteroatoms. The van der Waals surface area contributed by atoms with Gasteiger partial charge in [0.15, 0.2) is 0 Å². The Labute approximate surface area is 112 Å². The molecule has 1 aliphatic rings. The van der Waals surface area contributed by atoms with Crippen molar-refractivity contribution < 1.29 is 14.7 Å². The number of hydrogen-bond donors (Lipinski definition) is 1. The average molecular weight is 262 g/mol. The highest BCUT2D eigenvalue weighted by Gasteiger charge is 2.29. The van der Waals surface area contributed by atoms with Gasteiger partial charge < -0.3 is 10.0 Å². The van der Waals surface area contributed by atoms with Gasteiger partial charge in [-0.05, 0) is 5.56 Å². The number of nitrogens with zero attached hydrogens (tertiary/aromatic N) is 2. The van der Waals surface area contributed by atoms with E-state index < -0.39 is 11.9 Å². The first-order chi connectivity index (χ1) is 9.06. The van der Waals surface area contributed by atoms with E-state index in [1.165, 1.54) is 4.90 Å². The highest BCUT2D eigenvalue weighted by Crippen LogP contribution is 2.13. The molecule has 1 fully saturated rings. The number of benzene rings is 1. The van der Waals surface area contributed by atoms with E-state index in [4.69, 9.17) is 0 Å². The molecule has 1 heterocycles. The topological polar surface area (TPSA) is 60.9 Å². The van der Waals surface area contributed by atoms with Crippen molar-refractivity contribution in [2.75, 3.05) is 26.7 Å². The predicted molar refractivity (Wildman–Crippen MR) is 70.5 cm³/mol. The van der Waals surface area contributed by atoms with Crippen LogP contribution in [-0.2, 0) is 16.1 Å². The van der Waals surface area contributed by atoms with E-state index in [2.05, 4.69) is 0 Å². The summed E-state index contributed by atoms with van der Waals surface area (Å²) in [6, 6.07) is 9.78. The third kappa shape index (κ3) is 3.54. The van der Waals surface area contributed by atoms with Crippen molar-refractivity contribution in [3.63, 3.8) is 0 Å². The minimum Gasteiger partial charge on any atom is -0.481 e. The van der Waals surface area contributed by atoms with Crippen molar-refractivity contribution in [2.45, 2.75) is 6.54 Å². The summed E-state index contributed by atoms with van der Waals surface area (Å²) in [5.41, 5.74) is 1.09. The number of aliphatic carboxylic acids is 1. The van der Waals surface area contributed by atoms with E-state index in [0.717, 1.165) is 5.56 Å². The van der Waals surface area contributed by atoms with Crippen molar-refractivity contribution in [3.8, 4) is 0 Å². The third-order valence-electron chi connectivity index (χ3n) is 3.36. The summed E-state index contributed by atoms with van der Waals surface area (Å²) in [6.45, 7) is 1.55. The minimum atomic E-state index is -0.848. The molecule has 0 saturated carbocycles.